The van der Waals surface area contributed by atoms with Gasteiger partial charge in [-0.05, 0) is 6.92 Å². The molecule has 1 N–H and O–H groups in total. The van der Waals surface area contributed by atoms with E-state index in [1.807, 2.05) is 0 Å². The summed E-state index contributed by atoms with van der Waals surface area (Å²) < 4.78 is 36.4. The van der Waals surface area contributed by atoms with Gasteiger partial charge >= 0.3 is 5.97 Å². The Balaban J connectivity index is 2.81. The summed E-state index contributed by atoms with van der Waals surface area (Å²) in [4.78, 5) is 26.4. The summed E-state index contributed by atoms with van der Waals surface area (Å²) in [5, 5.41) is -0.239. The average Bonchev–Trinajstić information content (AvgIpc) is 2.41. The van der Waals surface area contributed by atoms with Crippen LogP contribution >= 0.6 is 0 Å². The first-order valence-electron chi connectivity index (χ1n) is 5.75. The molecule has 5 nitrogen and oxygen atoms in total. The van der Waals surface area contributed by atoms with Gasteiger partial charge in [0.15, 0.2) is 11.6 Å². The van der Waals surface area contributed by atoms with Crippen molar-refractivity contribution < 1.29 is 23.0 Å². The molecule has 7 heteroatoms. The molecule has 0 aliphatic carbocycles. The number of ether oxygens (including phenoxy) is 2. The summed E-state index contributed by atoms with van der Waals surface area (Å²) in [6.07, 6.45) is 1.10. The molecule has 1 heterocycles. The Morgan fingerprint density at radius 3 is 2.70 bits per heavy atom. The zero-order chi connectivity index (χ0) is 14.9. The predicted octanol–water partition coefficient (Wildman–Crippen LogP) is 1.99. The molecule has 0 saturated heterocycles. The van der Waals surface area contributed by atoms with Gasteiger partial charge in [0.2, 0.25) is 11.2 Å². The van der Waals surface area contributed by atoms with Gasteiger partial charge < -0.3 is 14.5 Å². The highest BCUT2D eigenvalue weighted by atomic mass is 19.2. The summed E-state index contributed by atoms with van der Waals surface area (Å²) in [6, 6.07) is 0.823. The highest BCUT2D eigenvalue weighted by Gasteiger charge is 2.21. The maximum Gasteiger partial charge on any atom is 0.343 e. The van der Waals surface area contributed by atoms with E-state index >= 15 is 0 Å². The molecule has 0 atom stereocenters. The molecule has 0 aliphatic heterocycles. The van der Waals surface area contributed by atoms with Crippen LogP contribution in [-0.2, 0) is 4.74 Å². The van der Waals surface area contributed by atoms with Crippen molar-refractivity contribution in [1.82, 2.24) is 4.98 Å². The lowest BCUT2D eigenvalue weighted by Gasteiger charge is -2.08. The number of benzene rings is 1. The fourth-order valence-electron chi connectivity index (χ4n) is 1.84. The van der Waals surface area contributed by atoms with Gasteiger partial charge in [-0.1, -0.05) is 0 Å². The van der Waals surface area contributed by atoms with Gasteiger partial charge in [0.1, 0.15) is 5.56 Å². The molecule has 20 heavy (non-hydrogen) atoms. The second-order valence-electron chi connectivity index (χ2n) is 3.88. The van der Waals surface area contributed by atoms with Gasteiger partial charge in [-0.15, -0.1) is 0 Å². The molecular formula is C13H11F2NO4. The number of aromatic amines is 1. The summed E-state index contributed by atoms with van der Waals surface area (Å²) >= 11 is 0. The lowest BCUT2D eigenvalue weighted by Crippen LogP contribution is -2.19. The topological polar surface area (TPSA) is 68.4 Å². The summed E-state index contributed by atoms with van der Waals surface area (Å²) in [5.74, 6) is -3.84. The van der Waals surface area contributed by atoms with Crippen LogP contribution in [0.3, 0.4) is 0 Å². The largest absolute Gasteiger partial charge is 0.493 e. The van der Waals surface area contributed by atoms with Crippen LogP contribution in [0.2, 0.25) is 0 Å². The highest BCUT2D eigenvalue weighted by molar-refractivity contribution is 5.95. The van der Waals surface area contributed by atoms with E-state index in [2.05, 4.69) is 4.98 Å². The number of fused-ring (bicyclic) bond motifs is 1. The van der Waals surface area contributed by atoms with E-state index in [-0.39, 0.29) is 23.1 Å². The molecular weight excluding hydrogens is 272 g/mol. The molecule has 2 aromatic rings. The lowest BCUT2D eigenvalue weighted by molar-refractivity contribution is 0.0524. The van der Waals surface area contributed by atoms with Crippen LogP contribution < -0.4 is 10.2 Å². The second kappa shape index (κ2) is 5.28. The van der Waals surface area contributed by atoms with Gasteiger partial charge in [-0.3, -0.25) is 4.79 Å². The van der Waals surface area contributed by atoms with Gasteiger partial charge in [-0.2, -0.15) is 4.39 Å². The molecule has 1 aromatic carbocycles. The van der Waals surface area contributed by atoms with Crippen LogP contribution in [0.15, 0.2) is 17.1 Å². The van der Waals surface area contributed by atoms with Crippen LogP contribution in [0.4, 0.5) is 8.78 Å². The number of esters is 1. The third kappa shape index (κ3) is 2.11. The van der Waals surface area contributed by atoms with E-state index in [1.165, 1.54) is 0 Å². The van der Waals surface area contributed by atoms with Crippen LogP contribution in [0.1, 0.15) is 17.3 Å². The number of halogens is 2. The molecule has 1 aromatic heterocycles. The molecule has 106 valence electrons. The van der Waals surface area contributed by atoms with Crippen LogP contribution in [0.25, 0.3) is 10.9 Å². The summed E-state index contributed by atoms with van der Waals surface area (Å²) in [5.41, 5.74) is -1.06. The van der Waals surface area contributed by atoms with E-state index in [1.54, 1.807) is 6.92 Å². The number of nitrogens with one attached hydrogen (secondary N) is 1. The lowest BCUT2D eigenvalue weighted by atomic mass is 10.1. The third-order valence-corrected chi connectivity index (χ3v) is 2.72. The smallest absolute Gasteiger partial charge is 0.343 e. The molecule has 0 spiro atoms. The number of hydrogen-bond acceptors (Lipinski definition) is 4. The van der Waals surface area contributed by atoms with Crippen molar-refractivity contribution in [2.75, 3.05) is 13.7 Å². The number of methoxy groups -OCH3 is 1. The number of H-pyrrole nitrogens is 1. The van der Waals surface area contributed by atoms with Gasteiger partial charge in [0.25, 0.3) is 0 Å². The molecule has 0 saturated carbocycles. The van der Waals surface area contributed by atoms with E-state index in [0.29, 0.717) is 0 Å². The number of carbonyl (C=O) groups is 1. The number of aromatic nitrogens is 1. The van der Waals surface area contributed by atoms with Crippen molar-refractivity contribution in [3.8, 4) is 5.75 Å². The van der Waals surface area contributed by atoms with Crippen molar-refractivity contribution in [3.63, 3.8) is 0 Å². The Labute approximate surface area is 112 Å². The predicted molar refractivity (Wildman–Crippen MR) is 67.0 cm³/mol. The van der Waals surface area contributed by atoms with E-state index in [4.69, 9.17) is 9.47 Å². The van der Waals surface area contributed by atoms with E-state index < -0.39 is 28.8 Å². The monoisotopic (exact) mass is 283 g/mol. The van der Waals surface area contributed by atoms with Crippen molar-refractivity contribution in [1.29, 1.82) is 0 Å². The van der Waals surface area contributed by atoms with E-state index in [9.17, 15) is 18.4 Å². The van der Waals surface area contributed by atoms with Crippen LogP contribution in [-0.4, -0.2) is 24.7 Å². The maximum atomic E-state index is 13.6. The minimum Gasteiger partial charge on any atom is -0.493 e. The van der Waals surface area contributed by atoms with Crippen molar-refractivity contribution >= 4 is 16.9 Å². The average molecular weight is 283 g/mol. The zero-order valence-electron chi connectivity index (χ0n) is 10.8. The van der Waals surface area contributed by atoms with Crippen LogP contribution in [0, 0.1) is 11.6 Å². The SMILES string of the molecule is CCOC(=O)c1c[nH]c2cc(F)c(F)c(OC)c2c1=O. The first kappa shape index (κ1) is 14.0. The van der Waals surface area contributed by atoms with E-state index in [0.717, 1.165) is 19.4 Å². The van der Waals surface area contributed by atoms with Crippen molar-refractivity contribution in [2.45, 2.75) is 6.92 Å². The molecule has 0 bridgehead atoms. The Kier molecular flexibility index (Phi) is 3.69. The molecule has 2 rings (SSSR count). The second-order valence-corrected chi connectivity index (χ2v) is 3.88. The molecule has 0 radical (unpaired) electrons. The Morgan fingerprint density at radius 2 is 2.10 bits per heavy atom. The van der Waals surface area contributed by atoms with Crippen molar-refractivity contribution in [3.05, 3.63) is 39.7 Å². The number of rotatable bonds is 3. The molecule has 0 unspecified atom stereocenters. The van der Waals surface area contributed by atoms with Crippen LogP contribution in [0.5, 0.6) is 5.75 Å². The summed E-state index contributed by atoms with van der Waals surface area (Å²) in [7, 11) is 1.10. The standard InChI is InChI=1S/C13H11F2NO4/c1-3-20-13(18)6-5-16-8-4-7(14)10(15)12(19-2)9(8)11(6)17/h4-5H,3H2,1-2H3,(H,16,17). The fourth-order valence-corrected chi connectivity index (χ4v) is 1.84. The zero-order valence-corrected chi connectivity index (χ0v) is 10.8. The van der Waals surface area contributed by atoms with Gasteiger partial charge in [0.05, 0.1) is 24.6 Å². The van der Waals surface area contributed by atoms with Crippen molar-refractivity contribution in [2.24, 2.45) is 0 Å². The maximum absolute atomic E-state index is 13.6. The Hall–Kier alpha value is -2.44. The summed E-state index contributed by atoms with van der Waals surface area (Å²) in [6.45, 7) is 1.67. The highest BCUT2D eigenvalue weighted by Crippen LogP contribution is 2.27. The number of carbonyl (C=O) groups excluding carboxylic acids is 1. The Morgan fingerprint density at radius 1 is 1.40 bits per heavy atom. The Bertz CT molecular complexity index is 739. The van der Waals surface area contributed by atoms with Gasteiger partial charge in [-0.25, -0.2) is 9.18 Å². The fraction of sp³-hybridized carbons (Fsp3) is 0.231. The first-order chi connectivity index (χ1) is 9.51. The number of pyridine rings is 1. The normalized spacial score (nSPS) is 10.6. The molecule has 0 aliphatic rings. The number of hydrogen-bond donors (Lipinski definition) is 1. The molecule has 0 amide bonds. The first-order valence-corrected chi connectivity index (χ1v) is 5.75. The van der Waals surface area contributed by atoms with Gasteiger partial charge in [0, 0.05) is 12.3 Å². The molecule has 0 fully saturated rings. The quantitative estimate of drug-likeness (QED) is 0.875. The minimum atomic E-state index is -1.29. The minimum absolute atomic E-state index is 0.0267. The third-order valence-electron chi connectivity index (χ3n) is 2.72.